The third-order valence-electron chi connectivity index (χ3n) is 3.82. The first kappa shape index (κ1) is 22.3. The van der Waals surface area contributed by atoms with Crippen LogP contribution in [0.3, 0.4) is 0 Å². The predicted molar refractivity (Wildman–Crippen MR) is 75.8 cm³/mol. The molecule has 0 aliphatic carbocycles. The molecular formula is C13H24O12. The molecule has 1 aliphatic heterocycles. The van der Waals surface area contributed by atoms with Crippen molar-refractivity contribution < 1.29 is 59.9 Å². The molecule has 148 valence electrons. The number of rotatable bonds is 9. The topological polar surface area (TPSA) is 207 Å². The van der Waals surface area contributed by atoms with Crippen molar-refractivity contribution in [1.29, 1.82) is 0 Å². The summed E-state index contributed by atoms with van der Waals surface area (Å²) in [6.45, 7) is -2.89. The molecule has 0 aromatic heterocycles. The van der Waals surface area contributed by atoms with Crippen molar-refractivity contribution in [2.45, 2.75) is 48.7 Å². The molecule has 25 heavy (non-hydrogen) atoms. The van der Waals surface area contributed by atoms with E-state index in [-0.39, 0.29) is 0 Å². The molecular weight excluding hydrogens is 348 g/mol. The number of hydrogen-bond donors (Lipinski definition) is 8. The minimum Gasteiger partial charge on any atom is -0.394 e. The second-order valence-electron chi connectivity index (χ2n) is 5.61. The molecule has 0 bridgehead atoms. The van der Waals surface area contributed by atoms with Crippen LogP contribution in [0.25, 0.3) is 0 Å². The van der Waals surface area contributed by atoms with Gasteiger partial charge in [-0.15, -0.1) is 0 Å². The van der Waals surface area contributed by atoms with Crippen molar-refractivity contribution >= 4 is 5.78 Å². The van der Waals surface area contributed by atoms with E-state index in [2.05, 4.69) is 0 Å². The van der Waals surface area contributed by atoms with Crippen LogP contribution >= 0.6 is 0 Å². The Balaban J connectivity index is 2.69. The molecule has 0 aromatic carbocycles. The molecule has 7 atom stereocenters. The van der Waals surface area contributed by atoms with E-state index in [1.807, 2.05) is 0 Å². The normalized spacial score (nSPS) is 33.1. The number of aliphatic hydroxyl groups is 8. The highest BCUT2D eigenvalue weighted by Crippen LogP contribution is 2.24. The fraction of sp³-hybridized carbons (Fsp3) is 0.923. The maximum Gasteiger partial charge on any atom is 0.216 e. The second-order valence-corrected chi connectivity index (χ2v) is 5.61. The fourth-order valence-corrected chi connectivity index (χ4v) is 2.21. The van der Waals surface area contributed by atoms with Gasteiger partial charge in [-0.1, -0.05) is 0 Å². The predicted octanol–water partition coefficient (Wildman–Crippen LogP) is -5.58. The summed E-state index contributed by atoms with van der Waals surface area (Å²) >= 11 is 0. The van der Waals surface area contributed by atoms with Crippen molar-refractivity contribution in [2.24, 2.45) is 0 Å². The molecule has 5 unspecified atom stereocenters. The summed E-state index contributed by atoms with van der Waals surface area (Å²) in [7, 11) is 1.17. The summed E-state index contributed by atoms with van der Waals surface area (Å²) in [5.74, 6) is -4.29. The molecule has 1 rings (SSSR count). The van der Waals surface area contributed by atoms with Crippen LogP contribution in [0.1, 0.15) is 0 Å². The van der Waals surface area contributed by atoms with Gasteiger partial charge < -0.3 is 55.1 Å². The summed E-state index contributed by atoms with van der Waals surface area (Å²) in [5.41, 5.74) is 0. The molecule has 0 aromatic rings. The molecule has 1 saturated heterocycles. The van der Waals surface area contributed by atoms with Crippen LogP contribution in [-0.2, 0) is 19.0 Å². The Labute approximate surface area is 142 Å². The van der Waals surface area contributed by atoms with E-state index < -0.39 is 74.3 Å². The van der Waals surface area contributed by atoms with Crippen molar-refractivity contribution in [3.8, 4) is 0 Å². The first-order valence-corrected chi connectivity index (χ1v) is 7.32. The summed E-state index contributed by atoms with van der Waals surface area (Å²) in [5, 5.41) is 74.9. The van der Waals surface area contributed by atoms with Gasteiger partial charge in [0.2, 0.25) is 5.79 Å². The van der Waals surface area contributed by atoms with Gasteiger partial charge in [-0.2, -0.15) is 0 Å². The average molecular weight is 372 g/mol. The Hall–Kier alpha value is -0.770. The van der Waals surface area contributed by atoms with Crippen LogP contribution in [0.4, 0.5) is 0 Å². The van der Waals surface area contributed by atoms with Gasteiger partial charge in [0.25, 0.3) is 0 Å². The minimum absolute atomic E-state index is 0.655. The molecule has 12 heteroatoms. The van der Waals surface area contributed by atoms with Crippen molar-refractivity contribution in [3.05, 3.63) is 0 Å². The van der Waals surface area contributed by atoms with Crippen LogP contribution < -0.4 is 0 Å². The molecule has 1 heterocycles. The highest BCUT2D eigenvalue weighted by Gasteiger charge is 2.46. The van der Waals surface area contributed by atoms with Gasteiger partial charge in [-0.25, -0.2) is 0 Å². The largest absolute Gasteiger partial charge is 0.394 e. The lowest BCUT2D eigenvalue weighted by Gasteiger charge is -2.41. The SMILES string of the molecule is COC1C(OCC(=O)[C@H](O)[C@@H](O)C(O)(O)CO)OC(CO)C(O)C1O. The smallest absolute Gasteiger partial charge is 0.216 e. The lowest BCUT2D eigenvalue weighted by Crippen LogP contribution is -2.60. The first-order valence-electron chi connectivity index (χ1n) is 7.32. The van der Waals surface area contributed by atoms with Crippen molar-refractivity contribution in [2.75, 3.05) is 26.9 Å². The Morgan fingerprint density at radius 2 is 1.80 bits per heavy atom. The number of ether oxygens (including phenoxy) is 3. The maximum atomic E-state index is 11.8. The third kappa shape index (κ3) is 5.12. The van der Waals surface area contributed by atoms with Crippen LogP contribution in [0.2, 0.25) is 0 Å². The molecule has 0 spiro atoms. The zero-order valence-electron chi connectivity index (χ0n) is 13.4. The molecule has 8 N–H and O–H groups in total. The van der Waals surface area contributed by atoms with E-state index in [0.29, 0.717) is 0 Å². The van der Waals surface area contributed by atoms with E-state index >= 15 is 0 Å². The van der Waals surface area contributed by atoms with Gasteiger partial charge in [0.05, 0.1) is 13.2 Å². The van der Waals surface area contributed by atoms with Crippen molar-refractivity contribution in [3.63, 3.8) is 0 Å². The molecule has 1 aliphatic rings. The zero-order valence-corrected chi connectivity index (χ0v) is 13.4. The molecule has 1 fully saturated rings. The zero-order chi connectivity index (χ0) is 19.4. The van der Waals surface area contributed by atoms with E-state index in [4.69, 9.17) is 24.4 Å². The summed E-state index contributed by atoms with van der Waals surface area (Å²) in [4.78, 5) is 11.8. The maximum absolute atomic E-state index is 11.8. The average Bonchev–Trinajstić information content (AvgIpc) is 2.60. The number of aliphatic hydroxyl groups excluding tert-OH is 6. The van der Waals surface area contributed by atoms with Gasteiger partial charge in [0.15, 0.2) is 12.1 Å². The van der Waals surface area contributed by atoms with E-state index in [0.717, 1.165) is 0 Å². The lowest BCUT2D eigenvalue weighted by atomic mass is 9.99. The molecule has 0 radical (unpaired) electrons. The summed E-state index contributed by atoms with van der Waals surface area (Å²) in [6, 6.07) is 0. The third-order valence-corrected chi connectivity index (χ3v) is 3.82. The Bertz CT molecular complexity index is 429. The van der Waals surface area contributed by atoms with E-state index in [1.165, 1.54) is 7.11 Å². The molecule has 0 amide bonds. The van der Waals surface area contributed by atoms with Crippen LogP contribution in [0.15, 0.2) is 0 Å². The quantitative estimate of drug-likeness (QED) is 0.178. The Morgan fingerprint density at radius 1 is 1.20 bits per heavy atom. The van der Waals surface area contributed by atoms with Gasteiger partial charge in [0.1, 0.15) is 43.2 Å². The van der Waals surface area contributed by atoms with E-state index in [9.17, 15) is 35.4 Å². The number of hydrogen-bond acceptors (Lipinski definition) is 12. The number of Topliss-reactive ketones (excluding diaryl/α,β-unsaturated/α-hetero) is 1. The Kier molecular flexibility index (Phi) is 8.24. The first-order chi connectivity index (χ1) is 11.6. The monoisotopic (exact) mass is 372 g/mol. The number of methoxy groups -OCH3 is 1. The van der Waals surface area contributed by atoms with Gasteiger partial charge >= 0.3 is 0 Å². The number of carbonyl (C=O) groups is 1. The van der Waals surface area contributed by atoms with Crippen molar-refractivity contribution in [1.82, 2.24) is 0 Å². The van der Waals surface area contributed by atoms with Gasteiger partial charge in [-0.3, -0.25) is 4.79 Å². The van der Waals surface area contributed by atoms with Crippen LogP contribution in [0.5, 0.6) is 0 Å². The second kappa shape index (κ2) is 9.25. The number of carbonyl (C=O) groups excluding carboxylic acids is 1. The molecule has 12 nitrogen and oxygen atoms in total. The minimum atomic E-state index is -3.10. The highest BCUT2D eigenvalue weighted by atomic mass is 16.7. The summed E-state index contributed by atoms with van der Waals surface area (Å²) in [6.07, 6.45) is -11.5. The Morgan fingerprint density at radius 3 is 2.28 bits per heavy atom. The summed E-state index contributed by atoms with van der Waals surface area (Å²) < 4.78 is 15.1. The van der Waals surface area contributed by atoms with Crippen LogP contribution in [-0.4, -0.2) is 122 Å². The standard InChI is InChI=1S/C13H24O12/c1-23-10-9(19)8(18)6(2-14)25-12(10)24-3-5(16)7(17)11(20)13(21,22)4-15/h6-12,14-15,17-22H,2-4H2,1H3/t6?,7-,8?,9?,10?,11+,12?/m0/s1. The lowest BCUT2D eigenvalue weighted by molar-refractivity contribution is -0.304. The van der Waals surface area contributed by atoms with Crippen LogP contribution in [0, 0.1) is 0 Å². The van der Waals surface area contributed by atoms with E-state index in [1.54, 1.807) is 0 Å². The van der Waals surface area contributed by atoms with Gasteiger partial charge in [-0.05, 0) is 0 Å². The molecule has 0 saturated carbocycles. The fourth-order valence-electron chi connectivity index (χ4n) is 2.21. The highest BCUT2D eigenvalue weighted by molar-refractivity contribution is 5.84. The number of ketones is 1. The van der Waals surface area contributed by atoms with Gasteiger partial charge in [0, 0.05) is 7.11 Å².